The molecule has 0 nitrogen and oxygen atoms in total. The van der Waals surface area contributed by atoms with E-state index in [-0.39, 0.29) is 5.38 Å². The molecule has 0 bridgehead atoms. The molecule has 2 aromatic rings. The van der Waals surface area contributed by atoms with E-state index in [0.29, 0.717) is 11.8 Å². The van der Waals surface area contributed by atoms with Crippen LogP contribution in [-0.2, 0) is 0 Å². The van der Waals surface area contributed by atoms with Gasteiger partial charge in [-0.15, -0.1) is 22.9 Å². The zero-order valence-electron chi connectivity index (χ0n) is 10.1. The molecule has 0 radical (unpaired) electrons. The van der Waals surface area contributed by atoms with Crippen molar-refractivity contribution in [1.29, 1.82) is 0 Å². The molecule has 1 aromatic carbocycles. The summed E-state index contributed by atoms with van der Waals surface area (Å²) in [5.74, 6) is 1.24. The third kappa shape index (κ3) is 2.38. The summed E-state index contributed by atoms with van der Waals surface area (Å²) in [4.78, 5) is 1.33. The Kier molecular flexibility index (Phi) is 3.52. The smallest absolute Gasteiger partial charge is 0.0704 e. The number of alkyl halides is 1. The summed E-state index contributed by atoms with van der Waals surface area (Å²) in [5, 5.41) is 0.151. The Morgan fingerprint density at radius 2 is 2.06 bits per heavy atom. The number of aryl methyl sites for hydroxylation is 1. The van der Waals surface area contributed by atoms with Crippen molar-refractivity contribution in [3.8, 4) is 0 Å². The van der Waals surface area contributed by atoms with Gasteiger partial charge >= 0.3 is 0 Å². The van der Waals surface area contributed by atoms with Gasteiger partial charge in [-0.05, 0) is 58.3 Å². The zero-order valence-corrected chi connectivity index (χ0v) is 13.2. The molecule has 1 fully saturated rings. The van der Waals surface area contributed by atoms with Crippen LogP contribution in [0.4, 0.5) is 0 Å². The molecule has 1 aromatic heterocycles. The molecular weight excluding hydrogens is 328 g/mol. The van der Waals surface area contributed by atoms with Crippen molar-refractivity contribution in [2.24, 2.45) is 5.92 Å². The normalized spacial score (nSPS) is 23.9. The van der Waals surface area contributed by atoms with Crippen molar-refractivity contribution in [3.05, 3.63) is 56.2 Å². The van der Waals surface area contributed by atoms with Crippen molar-refractivity contribution in [2.75, 3.05) is 0 Å². The van der Waals surface area contributed by atoms with E-state index in [2.05, 4.69) is 59.3 Å². The van der Waals surface area contributed by atoms with E-state index >= 15 is 0 Å². The Labute approximate surface area is 125 Å². The van der Waals surface area contributed by atoms with Crippen molar-refractivity contribution in [1.82, 2.24) is 0 Å². The summed E-state index contributed by atoms with van der Waals surface area (Å²) in [6.45, 7) is 2.15. The second-order valence-electron chi connectivity index (χ2n) is 4.88. The first-order valence-electron chi connectivity index (χ1n) is 6.11. The van der Waals surface area contributed by atoms with E-state index in [4.69, 9.17) is 11.6 Å². The summed E-state index contributed by atoms with van der Waals surface area (Å²) >= 11 is 12.0. The third-order valence-electron chi connectivity index (χ3n) is 3.67. The van der Waals surface area contributed by atoms with Gasteiger partial charge in [-0.1, -0.05) is 30.3 Å². The van der Waals surface area contributed by atoms with Gasteiger partial charge in [0.1, 0.15) is 0 Å². The average Bonchev–Trinajstić information content (AvgIpc) is 3.10. The van der Waals surface area contributed by atoms with Gasteiger partial charge < -0.3 is 0 Å². The van der Waals surface area contributed by atoms with Crippen LogP contribution < -0.4 is 0 Å². The van der Waals surface area contributed by atoms with Gasteiger partial charge in [-0.2, -0.15) is 0 Å². The maximum Gasteiger partial charge on any atom is 0.0704 e. The highest BCUT2D eigenvalue weighted by atomic mass is 79.9. The van der Waals surface area contributed by atoms with Gasteiger partial charge in [0.2, 0.25) is 0 Å². The molecule has 3 heteroatoms. The van der Waals surface area contributed by atoms with E-state index < -0.39 is 0 Å². The van der Waals surface area contributed by atoms with E-state index in [1.165, 1.54) is 26.2 Å². The molecule has 0 spiro atoms. The van der Waals surface area contributed by atoms with E-state index in [1.807, 2.05) is 0 Å². The number of thiophene rings is 1. The Morgan fingerprint density at radius 3 is 2.67 bits per heavy atom. The first kappa shape index (κ1) is 12.7. The number of benzene rings is 1. The second-order valence-corrected chi connectivity index (χ2v) is 7.99. The molecular formula is C15H14BrClS. The summed E-state index contributed by atoms with van der Waals surface area (Å²) in [7, 11) is 0. The molecule has 3 atom stereocenters. The fourth-order valence-corrected chi connectivity index (χ4v) is 4.91. The molecule has 0 aliphatic heterocycles. The Bertz CT molecular complexity index is 549. The lowest BCUT2D eigenvalue weighted by Gasteiger charge is -2.09. The summed E-state index contributed by atoms with van der Waals surface area (Å²) in [6.07, 6.45) is 1.21. The van der Waals surface area contributed by atoms with Crippen LogP contribution >= 0.6 is 38.9 Å². The minimum Gasteiger partial charge on any atom is -0.133 e. The summed E-state index contributed by atoms with van der Waals surface area (Å²) < 4.78 is 1.18. The number of halogens is 2. The molecule has 3 rings (SSSR count). The standard InChI is InChI=1S/C15H14BrClS/c1-9-11(8-14(16)18-9)15(17)13-7-12(13)10-5-3-2-4-6-10/h2-6,8,12-13,15H,7H2,1H3. The van der Waals surface area contributed by atoms with Gasteiger partial charge in [-0.25, -0.2) is 0 Å². The molecule has 1 aliphatic carbocycles. The maximum atomic E-state index is 6.65. The Hall–Kier alpha value is -0.310. The molecule has 1 aliphatic rings. The zero-order chi connectivity index (χ0) is 12.7. The lowest BCUT2D eigenvalue weighted by atomic mass is 10.0. The molecule has 0 amide bonds. The van der Waals surface area contributed by atoms with Crippen molar-refractivity contribution >= 4 is 38.9 Å². The van der Waals surface area contributed by atoms with Gasteiger partial charge in [0.25, 0.3) is 0 Å². The van der Waals surface area contributed by atoms with E-state index in [0.717, 1.165) is 0 Å². The Balaban J connectivity index is 1.77. The van der Waals surface area contributed by atoms with Gasteiger partial charge in [0.05, 0.1) is 9.16 Å². The average molecular weight is 342 g/mol. The maximum absolute atomic E-state index is 6.65. The lowest BCUT2D eigenvalue weighted by molar-refractivity contribution is 0.763. The largest absolute Gasteiger partial charge is 0.133 e. The number of hydrogen-bond acceptors (Lipinski definition) is 1. The minimum absolute atomic E-state index is 0.151. The highest BCUT2D eigenvalue weighted by Crippen LogP contribution is 2.57. The van der Waals surface area contributed by atoms with Gasteiger partial charge in [0.15, 0.2) is 0 Å². The first-order valence-corrected chi connectivity index (χ1v) is 8.16. The fraction of sp³-hybridized carbons (Fsp3) is 0.333. The molecule has 94 valence electrons. The number of rotatable bonds is 3. The molecule has 18 heavy (non-hydrogen) atoms. The highest BCUT2D eigenvalue weighted by Gasteiger charge is 2.44. The quantitative estimate of drug-likeness (QED) is 0.609. The van der Waals surface area contributed by atoms with Crippen LogP contribution in [0.1, 0.15) is 33.7 Å². The predicted octanol–water partition coefficient (Wildman–Crippen LogP) is 5.90. The van der Waals surface area contributed by atoms with Gasteiger partial charge in [0, 0.05) is 4.88 Å². The fourth-order valence-electron chi connectivity index (χ4n) is 2.58. The monoisotopic (exact) mass is 340 g/mol. The van der Waals surface area contributed by atoms with Crippen LogP contribution in [0.25, 0.3) is 0 Å². The summed E-state index contributed by atoms with van der Waals surface area (Å²) in [6, 6.07) is 12.9. The van der Waals surface area contributed by atoms with Crippen molar-refractivity contribution in [3.63, 3.8) is 0 Å². The van der Waals surface area contributed by atoms with E-state index in [9.17, 15) is 0 Å². The van der Waals surface area contributed by atoms with Crippen LogP contribution in [0.2, 0.25) is 0 Å². The molecule has 3 unspecified atom stereocenters. The predicted molar refractivity (Wildman–Crippen MR) is 82.6 cm³/mol. The number of hydrogen-bond donors (Lipinski definition) is 0. The molecule has 0 saturated heterocycles. The Morgan fingerprint density at radius 1 is 1.33 bits per heavy atom. The van der Waals surface area contributed by atoms with Crippen LogP contribution in [0, 0.1) is 12.8 Å². The van der Waals surface area contributed by atoms with Crippen molar-refractivity contribution < 1.29 is 0 Å². The van der Waals surface area contributed by atoms with Crippen LogP contribution in [0.5, 0.6) is 0 Å². The third-order valence-corrected chi connectivity index (χ3v) is 5.79. The highest BCUT2D eigenvalue weighted by molar-refractivity contribution is 9.11. The molecule has 1 saturated carbocycles. The lowest BCUT2D eigenvalue weighted by Crippen LogP contribution is -1.95. The van der Waals surface area contributed by atoms with Crippen LogP contribution in [-0.4, -0.2) is 0 Å². The topological polar surface area (TPSA) is 0 Å². The molecule has 0 N–H and O–H groups in total. The van der Waals surface area contributed by atoms with Crippen LogP contribution in [0.3, 0.4) is 0 Å². The summed E-state index contributed by atoms with van der Waals surface area (Å²) in [5.41, 5.74) is 2.73. The van der Waals surface area contributed by atoms with Gasteiger partial charge in [-0.3, -0.25) is 0 Å². The molecule has 1 heterocycles. The van der Waals surface area contributed by atoms with Crippen LogP contribution in [0.15, 0.2) is 40.2 Å². The van der Waals surface area contributed by atoms with E-state index in [1.54, 1.807) is 11.3 Å². The second kappa shape index (κ2) is 4.99. The SMILES string of the molecule is Cc1sc(Br)cc1C(Cl)C1CC1c1ccccc1. The van der Waals surface area contributed by atoms with Crippen molar-refractivity contribution in [2.45, 2.75) is 24.6 Å². The minimum atomic E-state index is 0.151. The first-order chi connectivity index (χ1) is 8.66.